The average Bonchev–Trinajstić information content (AvgIpc) is 3.33. The molecule has 2 N–H and O–H groups in total. The number of rotatable bonds is 6. The predicted octanol–water partition coefficient (Wildman–Crippen LogP) is 2.83. The zero-order chi connectivity index (χ0) is 19.5. The van der Waals surface area contributed by atoms with Gasteiger partial charge in [0.2, 0.25) is 0 Å². The van der Waals surface area contributed by atoms with Crippen LogP contribution < -0.4 is 10.2 Å². The molecule has 2 aliphatic rings. The highest BCUT2D eigenvalue weighted by Crippen LogP contribution is 2.32. The van der Waals surface area contributed by atoms with Crippen LogP contribution in [0.5, 0.6) is 0 Å². The molecule has 28 heavy (non-hydrogen) atoms. The third-order valence-corrected chi connectivity index (χ3v) is 6.63. The van der Waals surface area contributed by atoms with E-state index < -0.39 is 0 Å². The number of likely N-dealkylation sites (tertiary alicyclic amines) is 1. The summed E-state index contributed by atoms with van der Waals surface area (Å²) in [4.78, 5) is 18.8. The van der Waals surface area contributed by atoms with Crippen molar-refractivity contribution in [2.75, 3.05) is 26.2 Å². The minimum atomic E-state index is 0.0210. The number of fused-ring (bicyclic) bond motifs is 1. The standard InChI is InChI=1S/C23H34N4O/c1-17-12-18(2)15-26(14-17)11-5-10-24-23(28)19-8-9-22-21(13-19)25-16-27(22)20-6-3-4-7-20/h8-9,13,16-18,20H,3-7,10-12,14-15H2,1-2H3,(H,24,28)/p+1. The van der Waals surface area contributed by atoms with E-state index in [1.165, 1.54) is 45.2 Å². The molecule has 1 saturated carbocycles. The number of amides is 1. The van der Waals surface area contributed by atoms with Crippen LogP contribution in [0.1, 0.15) is 68.8 Å². The molecule has 4 rings (SSSR count). The third kappa shape index (κ3) is 4.40. The Morgan fingerprint density at radius 2 is 1.96 bits per heavy atom. The number of benzene rings is 1. The zero-order valence-corrected chi connectivity index (χ0v) is 17.4. The van der Waals surface area contributed by atoms with Crippen molar-refractivity contribution < 1.29 is 9.69 Å². The van der Waals surface area contributed by atoms with E-state index in [2.05, 4.69) is 34.8 Å². The van der Waals surface area contributed by atoms with Crippen molar-refractivity contribution in [1.82, 2.24) is 14.9 Å². The lowest BCUT2D eigenvalue weighted by molar-refractivity contribution is -0.912. The molecular formula is C23H35N4O+. The van der Waals surface area contributed by atoms with Crippen LogP contribution in [0.2, 0.25) is 0 Å². The van der Waals surface area contributed by atoms with Crippen molar-refractivity contribution in [1.29, 1.82) is 0 Å². The molecule has 1 aliphatic heterocycles. The monoisotopic (exact) mass is 383 g/mol. The van der Waals surface area contributed by atoms with E-state index in [1.54, 1.807) is 4.90 Å². The number of hydrogen-bond acceptors (Lipinski definition) is 2. The van der Waals surface area contributed by atoms with Crippen LogP contribution in [0.3, 0.4) is 0 Å². The number of nitrogens with one attached hydrogen (secondary N) is 2. The van der Waals surface area contributed by atoms with Gasteiger partial charge in [0.1, 0.15) is 0 Å². The molecule has 2 heterocycles. The molecule has 0 bridgehead atoms. The first-order valence-corrected chi connectivity index (χ1v) is 11.2. The van der Waals surface area contributed by atoms with Crippen LogP contribution in [0.4, 0.5) is 0 Å². The Kier molecular flexibility index (Phi) is 6.00. The fraction of sp³-hybridized carbons (Fsp3) is 0.652. The maximum Gasteiger partial charge on any atom is 0.251 e. The first kappa shape index (κ1) is 19.4. The van der Waals surface area contributed by atoms with Crippen LogP contribution in [-0.2, 0) is 0 Å². The fourth-order valence-electron chi connectivity index (χ4n) is 5.42. The molecule has 5 nitrogen and oxygen atoms in total. The second kappa shape index (κ2) is 8.64. The van der Waals surface area contributed by atoms with Crippen molar-refractivity contribution >= 4 is 16.9 Å². The van der Waals surface area contributed by atoms with Gasteiger partial charge in [0, 0.05) is 36.4 Å². The summed E-state index contributed by atoms with van der Waals surface area (Å²) in [5.74, 6) is 1.67. The highest BCUT2D eigenvalue weighted by Gasteiger charge is 2.24. The molecule has 2 unspecified atom stereocenters. The van der Waals surface area contributed by atoms with Crippen molar-refractivity contribution in [2.45, 2.75) is 58.4 Å². The van der Waals surface area contributed by atoms with E-state index in [0.29, 0.717) is 6.04 Å². The number of nitrogens with zero attached hydrogens (tertiary/aromatic N) is 2. The van der Waals surface area contributed by atoms with Gasteiger partial charge in [-0.15, -0.1) is 0 Å². The van der Waals surface area contributed by atoms with Crippen molar-refractivity contribution in [3.63, 3.8) is 0 Å². The summed E-state index contributed by atoms with van der Waals surface area (Å²) < 4.78 is 2.30. The number of aromatic nitrogens is 2. The molecule has 1 aromatic heterocycles. The van der Waals surface area contributed by atoms with Gasteiger partial charge in [-0.2, -0.15) is 0 Å². The molecule has 1 aliphatic carbocycles. The SMILES string of the molecule is CC1CC(C)C[NH+](CCCNC(=O)c2ccc3c(c2)ncn3C2CCCC2)C1. The minimum absolute atomic E-state index is 0.0210. The van der Waals surface area contributed by atoms with E-state index in [1.807, 2.05) is 18.5 Å². The molecular weight excluding hydrogens is 348 g/mol. The summed E-state index contributed by atoms with van der Waals surface area (Å²) >= 11 is 0. The van der Waals surface area contributed by atoms with Gasteiger partial charge in [0.25, 0.3) is 5.91 Å². The third-order valence-electron chi connectivity index (χ3n) is 6.63. The van der Waals surface area contributed by atoms with E-state index in [0.717, 1.165) is 47.9 Å². The molecule has 5 heteroatoms. The van der Waals surface area contributed by atoms with E-state index in [9.17, 15) is 4.79 Å². The first-order valence-electron chi connectivity index (χ1n) is 11.2. The van der Waals surface area contributed by atoms with Gasteiger partial charge in [-0.1, -0.05) is 26.7 Å². The van der Waals surface area contributed by atoms with E-state index in [4.69, 9.17) is 0 Å². The van der Waals surface area contributed by atoms with Crippen LogP contribution in [0.25, 0.3) is 11.0 Å². The van der Waals surface area contributed by atoms with Gasteiger partial charge in [-0.05, 0) is 37.5 Å². The Labute approximate surface area is 168 Å². The maximum atomic E-state index is 12.6. The van der Waals surface area contributed by atoms with E-state index >= 15 is 0 Å². The van der Waals surface area contributed by atoms with E-state index in [-0.39, 0.29) is 5.91 Å². The van der Waals surface area contributed by atoms with Crippen LogP contribution in [-0.4, -0.2) is 41.6 Å². The second-order valence-corrected chi connectivity index (χ2v) is 9.26. The lowest BCUT2D eigenvalue weighted by atomic mass is 9.92. The van der Waals surface area contributed by atoms with Crippen LogP contribution in [0.15, 0.2) is 24.5 Å². The van der Waals surface area contributed by atoms with Crippen molar-refractivity contribution in [3.8, 4) is 0 Å². The number of piperidine rings is 1. The Morgan fingerprint density at radius 1 is 1.21 bits per heavy atom. The molecule has 2 atom stereocenters. The predicted molar refractivity (Wildman–Crippen MR) is 113 cm³/mol. The largest absolute Gasteiger partial charge is 0.352 e. The summed E-state index contributed by atoms with van der Waals surface area (Å²) in [7, 11) is 0. The Bertz CT molecular complexity index is 798. The molecule has 0 radical (unpaired) electrons. The molecule has 2 fully saturated rings. The summed E-state index contributed by atoms with van der Waals surface area (Å²) in [6.07, 6.45) is 9.45. The fourth-order valence-corrected chi connectivity index (χ4v) is 5.42. The van der Waals surface area contributed by atoms with Gasteiger partial charge < -0.3 is 14.8 Å². The van der Waals surface area contributed by atoms with Crippen molar-refractivity contribution in [3.05, 3.63) is 30.1 Å². The highest BCUT2D eigenvalue weighted by molar-refractivity contribution is 5.97. The molecule has 1 amide bonds. The second-order valence-electron chi connectivity index (χ2n) is 9.26. The number of carbonyl (C=O) groups excluding carboxylic acids is 1. The summed E-state index contributed by atoms with van der Waals surface area (Å²) in [5.41, 5.74) is 2.80. The normalized spacial score (nSPS) is 26.0. The quantitative estimate of drug-likeness (QED) is 0.754. The molecule has 0 spiro atoms. The number of quaternary nitrogens is 1. The first-order chi connectivity index (χ1) is 13.6. The lowest BCUT2D eigenvalue weighted by Crippen LogP contribution is -3.14. The van der Waals surface area contributed by atoms with Gasteiger partial charge in [-0.3, -0.25) is 4.79 Å². The summed E-state index contributed by atoms with van der Waals surface area (Å²) in [6.45, 7) is 9.18. The number of imidazole rings is 1. The maximum absolute atomic E-state index is 12.6. The Morgan fingerprint density at radius 3 is 2.71 bits per heavy atom. The highest BCUT2D eigenvalue weighted by atomic mass is 16.1. The van der Waals surface area contributed by atoms with Gasteiger partial charge in [0.15, 0.2) is 0 Å². The summed E-state index contributed by atoms with van der Waals surface area (Å²) in [6, 6.07) is 6.53. The minimum Gasteiger partial charge on any atom is -0.352 e. The number of carbonyl (C=O) groups is 1. The Hall–Kier alpha value is -1.88. The molecule has 1 aromatic carbocycles. The topological polar surface area (TPSA) is 51.4 Å². The van der Waals surface area contributed by atoms with Crippen LogP contribution in [0, 0.1) is 11.8 Å². The molecule has 1 saturated heterocycles. The van der Waals surface area contributed by atoms with Gasteiger partial charge in [-0.25, -0.2) is 4.98 Å². The lowest BCUT2D eigenvalue weighted by Gasteiger charge is -2.32. The zero-order valence-electron chi connectivity index (χ0n) is 17.4. The van der Waals surface area contributed by atoms with Gasteiger partial charge >= 0.3 is 0 Å². The molecule has 152 valence electrons. The average molecular weight is 384 g/mol. The molecule has 2 aromatic rings. The van der Waals surface area contributed by atoms with Gasteiger partial charge in [0.05, 0.1) is 37.0 Å². The Balaban J connectivity index is 1.29. The van der Waals surface area contributed by atoms with Crippen LogP contribution >= 0.6 is 0 Å². The summed E-state index contributed by atoms with van der Waals surface area (Å²) in [5, 5.41) is 3.10. The van der Waals surface area contributed by atoms with Crippen molar-refractivity contribution in [2.24, 2.45) is 11.8 Å². The smallest absolute Gasteiger partial charge is 0.251 e. The number of hydrogen-bond donors (Lipinski definition) is 2.